The number of rotatable bonds is 1. The lowest BCUT2D eigenvalue weighted by atomic mass is 10.3. The average Bonchev–Trinajstić information content (AvgIpc) is 2.19. The first-order valence-corrected chi connectivity index (χ1v) is 3.20. The normalized spacial score (nSPS) is 16.3. The molecule has 0 radical (unpaired) electrons. The van der Waals surface area contributed by atoms with Crippen molar-refractivity contribution < 1.29 is 0 Å². The van der Waals surface area contributed by atoms with Crippen molar-refractivity contribution in [3.8, 4) is 0 Å². The Morgan fingerprint density at radius 3 is 2.89 bits per heavy atom. The van der Waals surface area contributed by atoms with Crippen LogP contribution in [0.3, 0.4) is 0 Å². The molecule has 1 aliphatic heterocycles. The van der Waals surface area contributed by atoms with Gasteiger partial charge in [-0.15, -0.1) is 12.4 Å². The van der Waals surface area contributed by atoms with Gasteiger partial charge in [-0.25, -0.2) is 0 Å². The second-order valence-electron chi connectivity index (χ2n) is 1.96. The molecule has 2 nitrogen and oxygen atoms in total. The van der Waals surface area contributed by atoms with Crippen molar-refractivity contribution in [3.05, 3.63) is 0 Å². The van der Waals surface area contributed by atoms with Crippen molar-refractivity contribution in [2.24, 2.45) is 4.99 Å². The molecule has 54 valence electrons. The smallest absolute Gasteiger partial charge is 0.0963 e. The number of halogens is 1. The third-order valence-corrected chi connectivity index (χ3v) is 1.26. The Hall–Kier alpha value is -0.240. The monoisotopic (exact) mass is 148 g/mol. The van der Waals surface area contributed by atoms with E-state index in [0.717, 1.165) is 19.5 Å². The molecule has 9 heavy (non-hydrogen) atoms. The first-order chi connectivity index (χ1) is 3.93. The summed E-state index contributed by atoms with van der Waals surface area (Å²) in [7, 11) is 0. The van der Waals surface area contributed by atoms with E-state index in [0.29, 0.717) is 0 Å². The minimum atomic E-state index is 0. The van der Waals surface area contributed by atoms with Crippen molar-refractivity contribution in [2.45, 2.75) is 19.8 Å². The maximum Gasteiger partial charge on any atom is 0.0963 e. The number of hydrogen-bond acceptors (Lipinski definition) is 2. The lowest BCUT2D eigenvalue weighted by molar-refractivity contribution is 0.921. The van der Waals surface area contributed by atoms with Crippen LogP contribution in [0.2, 0.25) is 0 Å². The predicted molar refractivity (Wildman–Crippen MR) is 42.5 cm³/mol. The topological polar surface area (TPSA) is 24.4 Å². The van der Waals surface area contributed by atoms with Gasteiger partial charge in [-0.2, -0.15) is 0 Å². The lowest BCUT2D eigenvalue weighted by Crippen LogP contribution is -2.20. The maximum atomic E-state index is 4.23. The van der Waals surface area contributed by atoms with Crippen LogP contribution in [-0.4, -0.2) is 18.9 Å². The van der Waals surface area contributed by atoms with E-state index in [2.05, 4.69) is 17.2 Å². The van der Waals surface area contributed by atoms with Crippen LogP contribution in [0.15, 0.2) is 4.99 Å². The molecule has 0 atom stereocenters. The van der Waals surface area contributed by atoms with Crippen LogP contribution in [0, 0.1) is 0 Å². The highest BCUT2D eigenvalue weighted by Crippen LogP contribution is 1.99. The zero-order valence-corrected chi connectivity index (χ0v) is 6.50. The molecule has 0 saturated carbocycles. The summed E-state index contributed by atoms with van der Waals surface area (Å²) in [6.07, 6.45) is 2.40. The molecule has 1 heterocycles. The van der Waals surface area contributed by atoms with Crippen molar-refractivity contribution in [3.63, 3.8) is 0 Å². The highest BCUT2D eigenvalue weighted by Gasteiger charge is 2.01. The Labute approximate surface area is 62.2 Å². The summed E-state index contributed by atoms with van der Waals surface area (Å²) in [5.41, 5.74) is 0. The van der Waals surface area contributed by atoms with E-state index in [1.165, 1.54) is 12.3 Å². The molecule has 0 spiro atoms. The first kappa shape index (κ1) is 8.76. The summed E-state index contributed by atoms with van der Waals surface area (Å²) in [6.45, 7) is 4.14. The van der Waals surface area contributed by atoms with E-state index in [4.69, 9.17) is 0 Å². The largest absolute Gasteiger partial charge is 0.374 e. The van der Waals surface area contributed by atoms with E-state index >= 15 is 0 Å². The summed E-state index contributed by atoms with van der Waals surface area (Å²) in [4.78, 5) is 4.23. The minimum absolute atomic E-state index is 0. The van der Waals surface area contributed by atoms with Crippen molar-refractivity contribution in [1.29, 1.82) is 0 Å². The highest BCUT2D eigenvalue weighted by molar-refractivity contribution is 5.85. The number of amidine groups is 1. The molecular weight excluding hydrogens is 136 g/mol. The van der Waals surface area contributed by atoms with Gasteiger partial charge in [0.05, 0.1) is 5.84 Å². The molecule has 1 N–H and O–H groups in total. The molecule has 0 saturated heterocycles. The number of aliphatic imine (C=N–C) groups is 1. The average molecular weight is 149 g/mol. The van der Waals surface area contributed by atoms with Gasteiger partial charge in [0.2, 0.25) is 0 Å². The van der Waals surface area contributed by atoms with Gasteiger partial charge in [0, 0.05) is 19.5 Å². The maximum absolute atomic E-state index is 4.23. The van der Waals surface area contributed by atoms with Crippen LogP contribution in [0.1, 0.15) is 19.8 Å². The van der Waals surface area contributed by atoms with E-state index in [1.54, 1.807) is 0 Å². The number of nitrogens with zero attached hydrogens (tertiary/aromatic N) is 1. The quantitative estimate of drug-likeness (QED) is 0.594. The zero-order valence-electron chi connectivity index (χ0n) is 5.68. The molecule has 0 aromatic heterocycles. The molecule has 1 aliphatic rings. The predicted octanol–water partition coefficient (Wildman–Crippen LogP) is 1.21. The molecule has 0 aromatic rings. The van der Waals surface area contributed by atoms with E-state index in [-0.39, 0.29) is 12.4 Å². The summed E-state index contributed by atoms with van der Waals surface area (Å²) in [5.74, 6) is 1.20. The van der Waals surface area contributed by atoms with Crippen LogP contribution < -0.4 is 5.32 Å². The first-order valence-electron chi connectivity index (χ1n) is 3.20. The molecular formula is C6H13ClN2. The van der Waals surface area contributed by atoms with Crippen LogP contribution >= 0.6 is 12.4 Å². The fourth-order valence-corrected chi connectivity index (χ4v) is 0.888. The number of hydrogen-bond donors (Lipinski definition) is 1. The molecule has 1 rings (SSSR count). The zero-order chi connectivity index (χ0) is 5.82. The molecule has 0 aromatic carbocycles. The Balaban J connectivity index is 0.000000640. The Kier molecular flexibility index (Phi) is 4.50. The molecule has 0 unspecified atom stereocenters. The van der Waals surface area contributed by atoms with Crippen LogP contribution in [-0.2, 0) is 0 Å². The van der Waals surface area contributed by atoms with Crippen molar-refractivity contribution >= 4 is 18.2 Å². The summed E-state index contributed by atoms with van der Waals surface area (Å²) in [5, 5.41) is 3.19. The Morgan fingerprint density at radius 1 is 1.67 bits per heavy atom. The summed E-state index contributed by atoms with van der Waals surface area (Å²) >= 11 is 0. The van der Waals surface area contributed by atoms with Gasteiger partial charge in [0.1, 0.15) is 0 Å². The van der Waals surface area contributed by atoms with E-state index < -0.39 is 0 Å². The van der Waals surface area contributed by atoms with Gasteiger partial charge < -0.3 is 5.32 Å². The van der Waals surface area contributed by atoms with Gasteiger partial charge in [0.25, 0.3) is 0 Å². The van der Waals surface area contributed by atoms with Gasteiger partial charge in [-0.3, -0.25) is 4.99 Å². The minimum Gasteiger partial charge on any atom is -0.374 e. The van der Waals surface area contributed by atoms with E-state index in [1.807, 2.05) is 0 Å². The van der Waals surface area contributed by atoms with Gasteiger partial charge >= 0.3 is 0 Å². The van der Waals surface area contributed by atoms with E-state index in [9.17, 15) is 0 Å². The molecule has 0 aliphatic carbocycles. The third-order valence-electron chi connectivity index (χ3n) is 1.26. The van der Waals surface area contributed by atoms with Crippen molar-refractivity contribution in [2.75, 3.05) is 13.1 Å². The van der Waals surface area contributed by atoms with Gasteiger partial charge in [-0.1, -0.05) is 0 Å². The van der Waals surface area contributed by atoms with Gasteiger partial charge in [-0.05, 0) is 13.3 Å². The van der Waals surface area contributed by atoms with Crippen LogP contribution in [0.5, 0.6) is 0 Å². The Morgan fingerprint density at radius 2 is 2.44 bits per heavy atom. The summed E-state index contributed by atoms with van der Waals surface area (Å²) in [6, 6.07) is 0. The van der Waals surface area contributed by atoms with Gasteiger partial charge in [0.15, 0.2) is 0 Å². The Bertz CT molecular complexity index is 101. The SMILES string of the molecule is CCNC1=NCCC1.Cl. The standard InChI is InChI=1S/C6H12N2.ClH/c1-2-7-6-4-3-5-8-6;/h2-5H2,1H3,(H,7,8);1H. The second-order valence-corrected chi connectivity index (χ2v) is 1.96. The van der Waals surface area contributed by atoms with Crippen LogP contribution in [0.25, 0.3) is 0 Å². The highest BCUT2D eigenvalue weighted by atomic mass is 35.5. The van der Waals surface area contributed by atoms with Crippen molar-refractivity contribution in [1.82, 2.24) is 5.32 Å². The molecule has 0 bridgehead atoms. The third kappa shape index (κ3) is 2.70. The summed E-state index contributed by atoms with van der Waals surface area (Å²) < 4.78 is 0. The molecule has 3 heteroatoms. The fourth-order valence-electron chi connectivity index (χ4n) is 0.888. The molecule has 0 fully saturated rings. The number of nitrogens with one attached hydrogen (secondary N) is 1. The van der Waals surface area contributed by atoms with Crippen LogP contribution in [0.4, 0.5) is 0 Å². The lowest BCUT2D eigenvalue weighted by Gasteiger charge is -1.97. The molecule has 0 amide bonds. The second kappa shape index (κ2) is 4.62. The fraction of sp³-hybridized carbons (Fsp3) is 0.833.